The van der Waals surface area contributed by atoms with Crippen molar-refractivity contribution in [2.45, 2.75) is 31.7 Å². The van der Waals surface area contributed by atoms with Crippen molar-refractivity contribution in [1.29, 1.82) is 0 Å². The Morgan fingerprint density at radius 1 is 0.885 bits per heavy atom. The lowest BCUT2D eigenvalue weighted by atomic mass is 9.97. The summed E-state index contributed by atoms with van der Waals surface area (Å²) >= 11 is 0. The van der Waals surface area contributed by atoms with Gasteiger partial charge in [-0.25, -0.2) is 4.98 Å². The second-order valence-electron chi connectivity index (χ2n) is 7.25. The molecule has 0 amide bonds. The van der Waals surface area contributed by atoms with Gasteiger partial charge >= 0.3 is 0 Å². The average molecular weight is 342 g/mol. The van der Waals surface area contributed by atoms with E-state index in [1.54, 1.807) is 6.26 Å². The van der Waals surface area contributed by atoms with Gasteiger partial charge in [0.1, 0.15) is 5.76 Å². The monoisotopic (exact) mass is 342 g/mol. The Kier molecular flexibility index (Phi) is 3.85. The van der Waals surface area contributed by atoms with Gasteiger partial charge in [0.15, 0.2) is 0 Å². The highest BCUT2D eigenvalue weighted by atomic mass is 16.3. The molecule has 1 N–H and O–H groups in total. The zero-order valence-electron chi connectivity index (χ0n) is 14.7. The predicted molar refractivity (Wildman–Crippen MR) is 106 cm³/mol. The number of anilines is 1. The van der Waals surface area contributed by atoms with E-state index in [9.17, 15) is 0 Å². The number of furan rings is 1. The lowest BCUT2D eigenvalue weighted by molar-refractivity contribution is 0.427. The Bertz CT molecular complexity index is 985. The summed E-state index contributed by atoms with van der Waals surface area (Å²) in [6, 6.07) is 21.4. The first-order valence-corrected chi connectivity index (χ1v) is 9.45. The molecule has 3 heteroatoms. The van der Waals surface area contributed by atoms with E-state index in [1.807, 2.05) is 6.07 Å². The van der Waals surface area contributed by atoms with E-state index < -0.39 is 0 Å². The Morgan fingerprint density at radius 3 is 2.31 bits per heavy atom. The topological polar surface area (TPSA) is 38.1 Å². The molecule has 1 fully saturated rings. The third-order valence-corrected chi connectivity index (χ3v) is 5.62. The molecule has 0 spiro atoms. The standard InChI is InChI=1S/C23H22N2O/c1-3-11-21-18(9-1)23(19-10-2-4-12-22(19)24-21)25-20-13-5-7-16(20)15-17-8-6-14-26-17/h1-4,6,8-12,14,16,20H,5,7,13,15H2,(H,24,25)/t16-,20+/m0/s1. The SMILES string of the molecule is c1coc(C[C@@H]2CCC[C@H]2Nc2c3ccccc3nc3ccccc23)c1. The van der Waals surface area contributed by atoms with E-state index in [1.165, 1.54) is 35.7 Å². The van der Waals surface area contributed by atoms with Crippen LogP contribution in [0.2, 0.25) is 0 Å². The summed E-state index contributed by atoms with van der Waals surface area (Å²) in [5, 5.41) is 6.31. The van der Waals surface area contributed by atoms with Crippen LogP contribution in [0.4, 0.5) is 5.69 Å². The highest BCUT2D eigenvalue weighted by molar-refractivity contribution is 6.07. The Hall–Kier alpha value is -2.81. The molecule has 2 heterocycles. The van der Waals surface area contributed by atoms with Crippen LogP contribution in [0.25, 0.3) is 21.8 Å². The van der Waals surface area contributed by atoms with Gasteiger partial charge in [-0.15, -0.1) is 0 Å². The van der Waals surface area contributed by atoms with Crippen molar-refractivity contribution in [3.05, 3.63) is 72.7 Å². The van der Waals surface area contributed by atoms with Crippen molar-refractivity contribution in [2.24, 2.45) is 5.92 Å². The zero-order valence-corrected chi connectivity index (χ0v) is 14.7. The summed E-state index contributed by atoms with van der Waals surface area (Å²) in [5.41, 5.74) is 3.33. The molecule has 1 aliphatic carbocycles. The molecule has 1 aliphatic rings. The predicted octanol–water partition coefficient (Wildman–Crippen LogP) is 5.80. The molecule has 0 aliphatic heterocycles. The van der Waals surface area contributed by atoms with Gasteiger partial charge in [-0.3, -0.25) is 0 Å². The van der Waals surface area contributed by atoms with Crippen molar-refractivity contribution >= 4 is 27.5 Å². The van der Waals surface area contributed by atoms with Crippen LogP contribution in [0.15, 0.2) is 71.3 Å². The number of benzene rings is 2. The number of rotatable bonds is 4. The quantitative estimate of drug-likeness (QED) is 0.476. The van der Waals surface area contributed by atoms with E-state index in [0.717, 1.165) is 23.2 Å². The van der Waals surface area contributed by atoms with Crippen molar-refractivity contribution in [2.75, 3.05) is 5.32 Å². The maximum Gasteiger partial charge on any atom is 0.104 e. The summed E-state index contributed by atoms with van der Waals surface area (Å²) in [5.74, 6) is 1.69. The van der Waals surface area contributed by atoms with Gasteiger partial charge in [0.2, 0.25) is 0 Å². The molecule has 0 saturated heterocycles. The summed E-state index contributed by atoms with van der Waals surface area (Å²) in [6.07, 6.45) is 6.50. The van der Waals surface area contributed by atoms with Crippen molar-refractivity contribution in [3.8, 4) is 0 Å². The smallest absolute Gasteiger partial charge is 0.104 e. The van der Waals surface area contributed by atoms with Crippen LogP contribution in [0.1, 0.15) is 25.0 Å². The molecule has 2 atom stereocenters. The molecule has 0 bridgehead atoms. The molecule has 1 saturated carbocycles. The molecule has 0 unspecified atom stereocenters. The summed E-state index contributed by atoms with van der Waals surface area (Å²) in [7, 11) is 0. The van der Waals surface area contributed by atoms with E-state index in [4.69, 9.17) is 9.40 Å². The van der Waals surface area contributed by atoms with E-state index in [0.29, 0.717) is 12.0 Å². The summed E-state index contributed by atoms with van der Waals surface area (Å²) < 4.78 is 5.60. The highest BCUT2D eigenvalue weighted by Gasteiger charge is 2.29. The van der Waals surface area contributed by atoms with Crippen LogP contribution < -0.4 is 5.32 Å². The van der Waals surface area contributed by atoms with Crippen LogP contribution in [0, 0.1) is 5.92 Å². The number of fused-ring (bicyclic) bond motifs is 2. The first kappa shape index (κ1) is 15.4. The Labute approximate surface area is 153 Å². The number of aromatic nitrogens is 1. The highest BCUT2D eigenvalue weighted by Crippen LogP contribution is 2.36. The third-order valence-electron chi connectivity index (χ3n) is 5.62. The normalized spacial score (nSPS) is 20.0. The average Bonchev–Trinajstić information content (AvgIpc) is 3.34. The maximum atomic E-state index is 5.60. The minimum absolute atomic E-state index is 0.467. The first-order valence-electron chi connectivity index (χ1n) is 9.45. The fraction of sp³-hybridized carbons (Fsp3) is 0.261. The number of hydrogen-bond acceptors (Lipinski definition) is 3. The van der Waals surface area contributed by atoms with Gasteiger partial charge < -0.3 is 9.73 Å². The molecule has 3 nitrogen and oxygen atoms in total. The van der Waals surface area contributed by atoms with E-state index in [2.05, 4.69) is 59.9 Å². The number of nitrogens with zero attached hydrogens (tertiary/aromatic N) is 1. The third kappa shape index (κ3) is 2.74. The fourth-order valence-electron chi connectivity index (χ4n) is 4.34. The number of pyridine rings is 1. The van der Waals surface area contributed by atoms with Crippen LogP contribution in [0.3, 0.4) is 0 Å². The van der Waals surface area contributed by atoms with Gasteiger partial charge in [-0.05, 0) is 43.0 Å². The van der Waals surface area contributed by atoms with Gasteiger partial charge in [0, 0.05) is 23.2 Å². The second kappa shape index (κ2) is 6.49. The molecule has 4 aromatic rings. The van der Waals surface area contributed by atoms with Crippen LogP contribution in [-0.4, -0.2) is 11.0 Å². The summed E-state index contributed by atoms with van der Waals surface area (Å²) in [4.78, 5) is 4.84. The fourth-order valence-corrected chi connectivity index (χ4v) is 4.34. The van der Waals surface area contributed by atoms with Gasteiger partial charge in [0.05, 0.1) is 23.0 Å². The Morgan fingerprint density at radius 2 is 1.62 bits per heavy atom. The minimum Gasteiger partial charge on any atom is -0.469 e. The molecule has 26 heavy (non-hydrogen) atoms. The van der Waals surface area contributed by atoms with Crippen LogP contribution >= 0.6 is 0 Å². The van der Waals surface area contributed by atoms with Crippen LogP contribution in [0.5, 0.6) is 0 Å². The van der Waals surface area contributed by atoms with Gasteiger partial charge in [0.25, 0.3) is 0 Å². The Balaban J connectivity index is 1.55. The van der Waals surface area contributed by atoms with Crippen LogP contribution in [-0.2, 0) is 6.42 Å². The molecule has 130 valence electrons. The molecular weight excluding hydrogens is 320 g/mol. The maximum absolute atomic E-state index is 5.60. The molecule has 5 rings (SSSR count). The molecule has 2 aromatic carbocycles. The molecular formula is C23H22N2O. The number of hydrogen-bond donors (Lipinski definition) is 1. The minimum atomic E-state index is 0.467. The number of para-hydroxylation sites is 2. The van der Waals surface area contributed by atoms with Gasteiger partial charge in [-0.2, -0.15) is 0 Å². The first-order chi connectivity index (χ1) is 12.9. The van der Waals surface area contributed by atoms with E-state index in [-0.39, 0.29) is 0 Å². The lowest BCUT2D eigenvalue weighted by Crippen LogP contribution is -2.25. The second-order valence-corrected chi connectivity index (χ2v) is 7.25. The van der Waals surface area contributed by atoms with Gasteiger partial charge in [-0.1, -0.05) is 42.8 Å². The number of nitrogens with one attached hydrogen (secondary N) is 1. The lowest BCUT2D eigenvalue weighted by Gasteiger charge is -2.23. The zero-order chi connectivity index (χ0) is 17.3. The largest absolute Gasteiger partial charge is 0.469 e. The van der Waals surface area contributed by atoms with E-state index >= 15 is 0 Å². The van der Waals surface area contributed by atoms with Crippen molar-refractivity contribution in [1.82, 2.24) is 4.98 Å². The molecule has 2 aromatic heterocycles. The van der Waals surface area contributed by atoms with Crippen molar-refractivity contribution < 1.29 is 4.42 Å². The van der Waals surface area contributed by atoms with Crippen molar-refractivity contribution in [3.63, 3.8) is 0 Å². The summed E-state index contributed by atoms with van der Waals surface area (Å²) in [6.45, 7) is 0. The molecule has 0 radical (unpaired) electrons.